The quantitative estimate of drug-likeness (QED) is 0.792. The van der Waals surface area contributed by atoms with Crippen molar-refractivity contribution in [3.63, 3.8) is 0 Å². The molecule has 0 radical (unpaired) electrons. The lowest BCUT2D eigenvalue weighted by Gasteiger charge is -2.10. The van der Waals surface area contributed by atoms with Crippen LogP contribution in [0, 0.1) is 0 Å². The van der Waals surface area contributed by atoms with Crippen molar-refractivity contribution in [1.29, 1.82) is 0 Å². The number of aromatic nitrogens is 3. The van der Waals surface area contributed by atoms with Crippen molar-refractivity contribution in [3.8, 4) is 12.0 Å². The van der Waals surface area contributed by atoms with Crippen LogP contribution in [-0.2, 0) is 0 Å². The molecule has 0 spiro atoms. The van der Waals surface area contributed by atoms with Crippen LogP contribution in [0.1, 0.15) is 27.7 Å². The molecule has 0 amide bonds. The van der Waals surface area contributed by atoms with Crippen LogP contribution in [-0.4, -0.2) is 34.2 Å². The van der Waals surface area contributed by atoms with Gasteiger partial charge in [0, 0.05) is 6.04 Å². The van der Waals surface area contributed by atoms with Crippen LogP contribution in [0.15, 0.2) is 0 Å². The number of ether oxygens (including phenoxy) is 2. The molecule has 6 heteroatoms. The number of hydrogen-bond acceptors (Lipinski definition) is 6. The summed E-state index contributed by atoms with van der Waals surface area (Å²) in [5.41, 5.74) is 0. The van der Waals surface area contributed by atoms with Crippen LogP contribution in [0.4, 0.5) is 5.95 Å². The molecule has 0 saturated carbocycles. The van der Waals surface area contributed by atoms with E-state index in [1.165, 1.54) is 0 Å². The van der Waals surface area contributed by atoms with Crippen LogP contribution in [0.2, 0.25) is 0 Å². The van der Waals surface area contributed by atoms with Gasteiger partial charge in [-0.05, 0) is 27.7 Å². The summed E-state index contributed by atoms with van der Waals surface area (Å²) in [6, 6.07) is 0.805. The summed E-state index contributed by atoms with van der Waals surface area (Å²) in [6.45, 7) is 8.78. The van der Waals surface area contributed by atoms with Crippen molar-refractivity contribution in [2.24, 2.45) is 0 Å². The van der Waals surface area contributed by atoms with Gasteiger partial charge in [-0.2, -0.15) is 9.97 Å². The Bertz CT molecular complexity index is 306. The smallest absolute Gasteiger partial charge is 0.324 e. The van der Waals surface area contributed by atoms with E-state index in [0.717, 1.165) is 0 Å². The first-order valence-electron chi connectivity index (χ1n) is 5.43. The molecule has 0 unspecified atom stereocenters. The van der Waals surface area contributed by atoms with E-state index in [1.807, 2.05) is 27.7 Å². The second-order valence-corrected chi connectivity index (χ2v) is 3.39. The van der Waals surface area contributed by atoms with Crippen molar-refractivity contribution in [1.82, 2.24) is 15.0 Å². The summed E-state index contributed by atoms with van der Waals surface area (Å²) in [6.07, 6.45) is 0. The van der Waals surface area contributed by atoms with Gasteiger partial charge in [0.05, 0.1) is 13.2 Å². The fourth-order valence-corrected chi connectivity index (χ4v) is 1.05. The molecule has 1 heterocycles. The second kappa shape index (κ2) is 6.09. The third-order valence-electron chi connectivity index (χ3n) is 1.56. The number of rotatable bonds is 6. The van der Waals surface area contributed by atoms with Gasteiger partial charge in [0.15, 0.2) is 0 Å². The molecule has 0 aliphatic carbocycles. The van der Waals surface area contributed by atoms with Gasteiger partial charge in [0.25, 0.3) is 0 Å². The molecule has 1 N–H and O–H groups in total. The molecule has 0 saturated heterocycles. The summed E-state index contributed by atoms with van der Waals surface area (Å²) >= 11 is 0. The van der Waals surface area contributed by atoms with E-state index in [0.29, 0.717) is 19.2 Å². The van der Waals surface area contributed by atoms with Crippen LogP contribution in [0.5, 0.6) is 12.0 Å². The van der Waals surface area contributed by atoms with Gasteiger partial charge < -0.3 is 14.8 Å². The zero-order valence-corrected chi connectivity index (χ0v) is 10.1. The largest absolute Gasteiger partial charge is 0.464 e. The third kappa shape index (κ3) is 3.88. The molecule has 6 nitrogen and oxygen atoms in total. The summed E-state index contributed by atoms with van der Waals surface area (Å²) in [5.74, 6) is 0.469. The zero-order valence-electron chi connectivity index (χ0n) is 10.1. The number of hydrogen-bond donors (Lipinski definition) is 1. The fourth-order valence-electron chi connectivity index (χ4n) is 1.05. The predicted octanol–water partition coefficient (Wildman–Crippen LogP) is 1.49. The Kier molecular flexibility index (Phi) is 4.75. The average Bonchev–Trinajstić information content (AvgIpc) is 2.17. The van der Waals surface area contributed by atoms with Crippen LogP contribution in [0.3, 0.4) is 0 Å². The Morgan fingerprint density at radius 3 is 1.88 bits per heavy atom. The maximum Gasteiger partial charge on any atom is 0.324 e. The Hall–Kier alpha value is -1.59. The minimum atomic E-state index is 0.242. The third-order valence-corrected chi connectivity index (χ3v) is 1.56. The van der Waals surface area contributed by atoms with Crippen molar-refractivity contribution < 1.29 is 9.47 Å². The zero-order chi connectivity index (χ0) is 12.0. The number of nitrogens with one attached hydrogen (secondary N) is 1. The average molecular weight is 226 g/mol. The molecule has 0 aliphatic heterocycles. The number of anilines is 1. The normalized spacial score (nSPS) is 10.3. The summed E-state index contributed by atoms with van der Waals surface area (Å²) in [7, 11) is 0. The molecule has 1 aromatic rings. The lowest BCUT2D eigenvalue weighted by atomic mass is 10.4. The first-order valence-corrected chi connectivity index (χ1v) is 5.43. The maximum absolute atomic E-state index is 5.23. The standard InChI is InChI=1S/C10H18N4O2/c1-5-15-9-12-8(11-7(3)4)13-10(14-9)16-6-2/h7H,5-6H2,1-4H3,(H,11,12,13,14). The summed E-state index contributed by atoms with van der Waals surface area (Å²) in [4.78, 5) is 12.2. The van der Waals surface area contributed by atoms with Gasteiger partial charge in [-0.25, -0.2) is 0 Å². The van der Waals surface area contributed by atoms with Crippen molar-refractivity contribution in [2.75, 3.05) is 18.5 Å². The van der Waals surface area contributed by atoms with Gasteiger partial charge in [0.2, 0.25) is 5.95 Å². The molecule has 90 valence electrons. The van der Waals surface area contributed by atoms with Crippen molar-refractivity contribution in [3.05, 3.63) is 0 Å². The Labute approximate surface area is 95.4 Å². The maximum atomic E-state index is 5.23. The Morgan fingerprint density at radius 1 is 1.00 bits per heavy atom. The van der Waals surface area contributed by atoms with E-state index in [1.54, 1.807) is 0 Å². The van der Waals surface area contributed by atoms with Gasteiger partial charge in [-0.3, -0.25) is 0 Å². The highest BCUT2D eigenvalue weighted by Crippen LogP contribution is 2.13. The van der Waals surface area contributed by atoms with Gasteiger partial charge in [-0.15, -0.1) is 4.98 Å². The highest BCUT2D eigenvalue weighted by atomic mass is 16.5. The molecule has 0 atom stereocenters. The van der Waals surface area contributed by atoms with Crippen LogP contribution in [0.25, 0.3) is 0 Å². The van der Waals surface area contributed by atoms with E-state index < -0.39 is 0 Å². The molecule has 0 fully saturated rings. The molecular weight excluding hydrogens is 208 g/mol. The lowest BCUT2D eigenvalue weighted by Crippen LogP contribution is -2.14. The van der Waals surface area contributed by atoms with Crippen LogP contribution < -0.4 is 14.8 Å². The SMILES string of the molecule is CCOc1nc(NC(C)C)nc(OCC)n1. The highest BCUT2D eigenvalue weighted by molar-refractivity contribution is 5.28. The molecule has 1 aromatic heterocycles. The van der Waals surface area contributed by atoms with E-state index >= 15 is 0 Å². The molecule has 1 rings (SSSR count). The Balaban J connectivity index is 2.88. The minimum absolute atomic E-state index is 0.242. The predicted molar refractivity (Wildman–Crippen MR) is 60.9 cm³/mol. The van der Waals surface area contributed by atoms with E-state index in [-0.39, 0.29) is 18.1 Å². The number of nitrogens with zero attached hydrogens (tertiary/aromatic N) is 3. The molecule has 0 aliphatic rings. The van der Waals surface area contributed by atoms with Gasteiger partial charge in [0.1, 0.15) is 0 Å². The molecule has 0 aromatic carbocycles. The first-order chi connectivity index (χ1) is 7.65. The van der Waals surface area contributed by atoms with E-state index in [2.05, 4.69) is 20.3 Å². The van der Waals surface area contributed by atoms with E-state index in [4.69, 9.17) is 9.47 Å². The van der Waals surface area contributed by atoms with E-state index in [9.17, 15) is 0 Å². The van der Waals surface area contributed by atoms with Gasteiger partial charge >= 0.3 is 12.0 Å². The lowest BCUT2D eigenvalue weighted by molar-refractivity contribution is 0.280. The molecule has 0 bridgehead atoms. The first kappa shape index (κ1) is 12.5. The Morgan fingerprint density at radius 2 is 1.50 bits per heavy atom. The topological polar surface area (TPSA) is 69.2 Å². The monoisotopic (exact) mass is 226 g/mol. The van der Waals surface area contributed by atoms with Gasteiger partial charge in [-0.1, -0.05) is 0 Å². The van der Waals surface area contributed by atoms with Crippen molar-refractivity contribution in [2.45, 2.75) is 33.7 Å². The molecular formula is C10H18N4O2. The molecule has 16 heavy (non-hydrogen) atoms. The summed E-state index contributed by atoms with van der Waals surface area (Å²) in [5, 5.41) is 3.08. The summed E-state index contributed by atoms with van der Waals surface area (Å²) < 4.78 is 10.5. The highest BCUT2D eigenvalue weighted by Gasteiger charge is 2.08. The fraction of sp³-hybridized carbons (Fsp3) is 0.700. The second-order valence-electron chi connectivity index (χ2n) is 3.39. The minimum Gasteiger partial charge on any atom is -0.464 e. The van der Waals surface area contributed by atoms with Crippen LogP contribution >= 0.6 is 0 Å². The van der Waals surface area contributed by atoms with Crippen molar-refractivity contribution >= 4 is 5.95 Å².